The smallest absolute Gasteiger partial charge is 0.254 e. The molecule has 1 unspecified atom stereocenters. The molecule has 1 atom stereocenters. The maximum Gasteiger partial charge on any atom is 0.254 e. The third kappa shape index (κ3) is 2.43. The van der Waals surface area contributed by atoms with Crippen molar-refractivity contribution >= 4 is 11.6 Å². The van der Waals surface area contributed by atoms with Crippen LogP contribution in [-0.4, -0.2) is 49.1 Å². The largest absolute Gasteiger partial charge is 0.367 e. The summed E-state index contributed by atoms with van der Waals surface area (Å²) in [5.74, 6) is 1.65. The van der Waals surface area contributed by atoms with Gasteiger partial charge in [-0.1, -0.05) is 6.92 Å². The zero-order valence-electron chi connectivity index (χ0n) is 14.2. The molecule has 24 heavy (non-hydrogen) atoms. The van der Waals surface area contributed by atoms with Gasteiger partial charge in [-0.05, 0) is 13.3 Å². The van der Waals surface area contributed by atoms with Crippen LogP contribution in [0.2, 0.25) is 0 Å². The van der Waals surface area contributed by atoms with Crippen molar-refractivity contribution < 1.29 is 4.74 Å². The van der Waals surface area contributed by atoms with E-state index in [1.165, 1.54) is 0 Å². The lowest BCUT2D eigenvalue weighted by Gasteiger charge is -2.41. The van der Waals surface area contributed by atoms with Gasteiger partial charge in [-0.2, -0.15) is 19.7 Å². The van der Waals surface area contributed by atoms with Crippen molar-refractivity contribution in [3.05, 3.63) is 36.0 Å². The maximum atomic E-state index is 6.11. The van der Waals surface area contributed by atoms with Crippen molar-refractivity contribution in [3.63, 3.8) is 0 Å². The molecule has 3 aromatic rings. The van der Waals surface area contributed by atoms with Gasteiger partial charge in [0.1, 0.15) is 17.7 Å². The van der Waals surface area contributed by atoms with E-state index in [1.54, 1.807) is 15.5 Å². The number of hydrogen-bond donors (Lipinski definition) is 0. The Morgan fingerprint density at radius 2 is 2.21 bits per heavy atom. The number of morpholine rings is 1. The molecule has 1 saturated heterocycles. The van der Waals surface area contributed by atoms with Gasteiger partial charge in [0.2, 0.25) is 0 Å². The van der Waals surface area contributed by atoms with Crippen molar-refractivity contribution in [2.75, 3.05) is 24.6 Å². The molecule has 0 N–H and O–H groups in total. The quantitative estimate of drug-likeness (QED) is 0.719. The van der Waals surface area contributed by atoms with Gasteiger partial charge in [-0.25, -0.2) is 4.98 Å². The zero-order valence-corrected chi connectivity index (χ0v) is 14.2. The van der Waals surface area contributed by atoms with E-state index in [-0.39, 0.29) is 0 Å². The van der Waals surface area contributed by atoms with Crippen LogP contribution < -0.4 is 4.90 Å². The molecular formula is C16H21N7O. The highest BCUT2D eigenvalue weighted by molar-refractivity contribution is 5.48. The third-order valence-corrected chi connectivity index (χ3v) is 4.56. The Hall–Kier alpha value is -2.48. The van der Waals surface area contributed by atoms with Gasteiger partial charge < -0.3 is 9.64 Å². The zero-order chi connectivity index (χ0) is 16.7. The molecular weight excluding hydrogens is 306 g/mol. The van der Waals surface area contributed by atoms with Crippen molar-refractivity contribution in [3.8, 4) is 0 Å². The summed E-state index contributed by atoms with van der Waals surface area (Å²) in [5, 5.41) is 8.62. The molecule has 0 amide bonds. The minimum absolute atomic E-state index is 0.408. The molecule has 0 aromatic carbocycles. The van der Waals surface area contributed by atoms with Crippen molar-refractivity contribution in [2.45, 2.75) is 25.9 Å². The highest BCUT2D eigenvalue weighted by atomic mass is 16.5. The average Bonchev–Trinajstić information content (AvgIpc) is 3.22. The van der Waals surface area contributed by atoms with Gasteiger partial charge in [0, 0.05) is 37.1 Å². The average molecular weight is 327 g/mol. The monoisotopic (exact) mass is 327 g/mol. The summed E-state index contributed by atoms with van der Waals surface area (Å²) in [7, 11) is 1.92. The topological polar surface area (TPSA) is 73.4 Å². The van der Waals surface area contributed by atoms with E-state index in [4.69, 9.17) is 4.74 Å². The number of nitrogens with zero attached hydrogens (tertiary/aromatic N) is 7. The summed E-state index contributed by atoms with van der Waals surface area (Å²) in [5.41, 5.74) is 1.68. The molecule has 3 aromatic heterocycles. The molecule has 0 bridgehead atoms. The van der Waals surface area contributed by atoms with Crippen LogP contribution in [0.3, 0.4) is 0 Å². The van der Waals surface area contributed by atoms with Gasteiger partial charge in [-0.15, -0.1) is 0 Å². The molecule has 4 rings (SSSR count). The van der Waals surface area contributed by atoms with Gasteiger partial charge in [0.05, 0.1) is 19.3 Å². The molecule has 126 valence electrons. The Balaban J connectivity index is 1.73. The Morgan fingerprint density at radius 3 is 2.96 bits per heavy atom. The van der Waals surface area contributed by atoms with E-state index in [2.05, 4.69) is 45.0 Å². The second-order valence-electron chi connectivity index (χ2n) is 6.33. The third-order valence-electron chi connectivity index (χ3n) is 4.56. The van der Waals surface area contributed by atoms with Crippen LogP contribution in [0.5, 0.6) is 0 Å². The van der Waals surface area contributed by atoms with Crippen molar-refractivity contribution in [1.29, 1.82) is 0 Å². The number of fused-ring (bicyclic) bond motifs is 1. The van der Waals surface area contributed by atoms with Gasteiger partial charge in [0.25, 0.3) is 5.78 Å². The lowest BCUT2D eigenvalue weighted by Crippen LogP contribution is -2.48. The number of hydrogen-bond acceptors (Lipinski definition) is 6. The highest BCUT2D eigenvalue weighted by Gasteiger charge is 2.36. The molecule has 0 saturated carbocycles. The molecule has 1 aliphatic heterocycles. The summed E-state index contributed by atoms with van der Waals surface area (Å²) in [4.78, 5) is 11.1. The number of ether oxygens (including phenoxy) is 1. The number of aromatic nitrogens is 6. The number of aryl methyl sites for hydroxylation is 2. The number of rotatable bonds is 3. The minimum Gasteiger partial charge on any atom is -0.367 e. The van der Waals surface area contributed by atoms with E-state index < -0.39 is 5.60 Å². The summed E-state index contributed by atoms with van der Waals surface area (Å²) < 4.78 is 9.72. The predicted molar refractivity (Wildman–Crippen MR) is 88.9 cm³/mol. The van der Waals surface area contributed by atoms with Crippen LogP contribution in [0.25, 0.3) is 5.78 Å². The lowest BCUT2D eigenvalue weighted by molar-refractivity contribution is -0.0469. The van der Waals surface area contributed by atoms with E-state index in [1.807, 2.05) is 19.4 Å². The molecule has 1 fully saturated rings. The summed E-state index contributed by atoms with van der Waals surface area (Å²) >= 11 is 0. The van der Waals surface area contributed by atoms with Crippen LogP contribution in [0.4, 0.5) is 5.82 Å². The minimum atomic E-state index is -0.408. The first-order chi connectivity index (χ1) is 11.6. The van der Waals surface area contributed by atoms with Crippen molar-refractivity contribution in [2.24, 2.45) is 7.05 Å². The van der Waals surface area contributed by atoms with Gasteiger partial charge >= 0.3 is 0 Å². The fourth-order valence-electron chi connectivity index (χ4n) is 3.19. The lowest BCUT2D eigenvalue weighted by atomic mass is 9.97. The van der Waals surface area contributed by atoms with Gasteiger partial charge in [-0.3, -0.25) is 4.68 Å². The van der Waals surface area contributed by atoms with E-state index in [0.717, 1.165) is 36.6 Å². The maximum absolute atomic E-state index is 6.11. The molecule has 0 spiro atoms. The molecule has 4 heterocycles. The van der Waals surface area contributed by atoms with Crippen LogP contribution in [0, 0.1) is 0 Å². The standard InChI is InChI=1S/C16H21N7O/c1-4-13-7-14(23-15(20-13)17-11-19-23)22-5-6-24-16(2,10-22)12-8-18-21(3)9-12/h7-9,11H,4-6,10H2,1-3H3. The molecule has 1 aliphatic rings. The Morgan fingerprint density at radius 1 is 1.33 bits per heavy atom. The Kier molecular flexibility index (Phi) is 3.49. The summed E-state index contributed by atoms with van der Waals surface area (Å²) in [6.45, 7) is 6.37. The van der Waals surface area contributed by atoms with Crippen LogP contribution in [0.15, 0.2) is 24.8 Å². The first-order valence-electron chi connectivity index (χ1n) is 8.17. The van der Waals surface area contributed by atoms with Crippen LogP contribution in [-0.2, 0) is 23.8 Å². The fraction of sp³-hybridized carbons (Fsp3) is 0.500. The Bertz CT molecular complexity index is 870. The first-order valence-corrected chi connectivity index (χ1v) is 8.17. The molecule has 0 aliphatic carbocycles. The Labute approximate surface area is 140 Å². The first kappa shape index (κ1) is 15.1. The second-order valence-corrected chi connectivity index (χ2v) is 6.33. The van der Waals surface area contributed by atoms with Crippen LogP contribution >= 0.6 is 0 Å². The number of anilines is 1. The second kappa shape index (κ2) is 5.55. The molecule has 0 radical (unpaired) electrons. The predicted octanol–water partition coefficient (Wildman–Crippen LogP) is 1.17. The van der Waals surface area contributed by atoms with E-state index in [0.29, 0.717) is 12.4 Å². The van der Waals surface area contributed by atoms with E-state index in [9.17, 15) is 0 Å². The van der Waals surface area contributed by atoms with Gasteiger partial charge in [0.15, 0.2) is 0 Å². The highest BCUT2D eigenvalue weighted by Crippen LogP contribution is 2.31. The normalized spacial score (nSPS) is 21.5. The van der Waals surface area contributed by atoms with Crippen LogP contribution in [0.1, 0.15) is 25.1 Å². The summed E-state index contributed by atoms with van der Waals surface area (Å²) in [6.07, 6.45) is 6.30. The van der Waals surface area contributed by atoms with E-state index >= 15 is 0 Å². The van der Waals surface area contributed by atoms with Crippen molar-refractivity contribution in [1.82, 2.24) is 29.4 Å². The summed E-state index contributed by atoms with van der Waals surface area (Å²) in [6, 6.07) is 2.09. The molecule has 8 heteroatoms. The SMILES string of the molecule is CCc1cc(N2CCOC(C)(c3cnn(C)c3)C2)n2ncnc2n1. The molecule has 8 nitrogen and oxygen atoms in total. The fourth-order valence-corrected chi connectivity index (χ4v) is 3.19.